The van der Waals surface area contributed by atoms with Gasteiger partial charge in [-0.05, 0) is 75.2 Å². The molecule has 2 heteroatoms. The number of likely N-dealkylation sites (tertiary alicyclic amines) is 1. The summed E-state index contributed by atoms with van der Waals surface area (Å²) >= 11 is 0. The van der Waals surface area contributed by atoms with Gasteiger partial charge in [0.05, 0.1) is 0 Å². The van der Waals surface area contributed by atoms with Crippen molar-refractivity contribution in [1.82, 2.24) is 4.90 Å². The molecule has 0 amide bonds. The summed E-state index contributed by atoms with van der Waals surface area (Å²) in [5.74, 6) is 1.58. The summed E-state index contributed by atoms with van der Waals surface area (Å²) in [7, 11) is 0. The molecule has 118 valence electrons. The third-order valence-corrected chi connectivity index (χ3v) is 4.88. The summed E-state index contributed by atoms with van der Waals surface area (Å²) in [5.41, 5.74) is 8.60. The van der Waals surface area contributed by atoms with Gasteiger partial charge >= 0.3 is 0 Å². The summed E-state index contributed by atoms with van der Waals surface area (Å²) in [4.78, 5) is 2.63. The standard InChI is InChI=1S/C19H32N2/c1-15(2)14-18-4-6-19(7-5-18)16(3)21-12-9-17(8-11-20)10-13-21/h4-7,15-17H,8-14,20H2,1-3H3. The van der Waals surface area contributed by atoms with E-state index >= 15 is 0 Å². The minimum Gasteiger partial charge on any atom is -0.330 e. The Bertz CT molecular complexity index is 402. The Kier molecular flexibility index (Phi) is 6.25. The van der Waals surface area contributed by atoms with Crippen molar-refractivity contribution in [2.45, 2.75) is 52.5 Å². The molecule has 1 atom stereocenters. The zero-order valence-electron chi connectivity index (χ0n) is 14.0. The first-order chi connectivity index (χ1) is 10.1. The molecule has 0 aliphatic carbocycles. The Labute approximate surface area is 130 Å². The van der Waals surface area contributed by atoms with Gasteiger partial charge < -0.3 is 5.73 Å². The highest BCUT2D eigenvalue weighted by molar-refractivity contribution is 5.25. The van der Waals surface area contributed by atoms with Crippen LogP contribution in [-0.2, 0) is 6.42 Å². The molecule has 0 spiro atoms. The number of hydrogen-bond donors (Lipinski definition) is 1. The van der Waals surface area contributed by atoms with Crippen LogP contribution in [0.25, 0.3) is 0 Å². The number of nitrogens with zero attached hydrogens (tertiary/aromatic N) is 1. The summed E-state index contributed by atoms with van der Waals surface area (Å²) in [5, 5.41) is 0. The Morgan fingerprint density at radius 1 is 1.10 bits per heavy atom. The van der Waals surface area contributed by atoms with Crippen LogP contribution in [-0.4, -0.2) is 24.5 Å². The molecule has 1 aliphatic heterocycles. The Morgan fingerprint density at radius 3 is 2.24 bits per heavy atom. The lowest BCUT2D eigenvalue weighted by Gasteiger charge is -2.36. The second kappa shape index (κ2) is 7.95. The van der Waals surface area contributed by atoms with Crippen LogP contribution in [0.2, 0.25) is 0 Å². The molecule has 1 saturated heterocycles. The average Bonchev–Trinajstić information content (AvgIpc) is 2.48. The quantitative estimate of drug-likeness (QED) is 0.857. The zero-order chi connectivity index (χ0) is 15.2. The van der Waals surface area contributed by atoms with Crippen molar-refractivity contribution < 1.29 is 0 Å². The third-order valence-electron chi connectivity index (χ3n) is 4.88. The maximum absolute atomic E-state index is 5.68. The van der Waals surface area contributed by atoms with Crippen molar-refractivity contribution in [3.8, 4) is 0 Å². The van der Waals surface area contributed by atoms with Gasteiger partial charge in [0.1, 0.15) is 0 Å². The summed E-state index contributed by atoms with van der Waals surface area (Å²) in [6, 6.07) is 9.82. The smallest absolute Gasteiger partial charge is 0.0319 e. The van der Waals surface area contributed by atoms with Crippen molar-refractivity contribution in [3.63, 3.8) is 0 Å². The molecule has 2 N–H and O–H groups in total. The fourth-order valence-electron chi connectivity index (χ4n) is 3.48. The fourth-order valence-corrected chi connectivity index (χ4v) is 3.48. The summed E-state index contributed by atoms with van der Waals surface area (Å²) < 4.78 is 0. The van der Waals surface area contributed by atoms with Crippen molar-refractivity contribution in [2.75, 3.05) is 19.6 Å². The fraction of sp³-hybridized carbons (Fsp3) is 0.684. The van der Waals surface area contributed by atoms with Crippen LogP contribution in [0, 0.1) is 11.8 Å². The van der Waals surface area contributed by atoms with Crippen molar-refractivity contribution in [2.24, 2.45) is 17.6 Å². The SMILES string of the molecule is CC(C)Cc1ccc(C(C)N2CCC(CCN)CC2)cc1. The van der Waals surface area contributed by atoms with E-state index < -0.39 is 0 Å². The van der Waals surface area contributed by atoms with E-state index in [1.54, 1.807) is 0 Å². The van der Waals surface area contributed by atoms with Crippen LogP contribution in [0.1, 0.15) is 57.2 Å². The Morgan fingerprint density at radius 2 is 1.71 bits per heavy atom. The van der Waals surface area contributed by atoms with Gasteiger partial charge in [-0.1, -0.05) is 38.1 Å². The predicted octanol–water partition coefficient (Wildman–Crippen LogP) is 4.01. The van der Waals surface area contributed by atoms with E-state index in [1.807, 2.05) is 0 Å². The molecule has 2 rings (SSSR count). The van der Waals surface area contributed by atoms with Crippen molar-refractivity contribution in [3.05, 3.63) is 35.4 Å². The topological polar surface area (TPSA) is 29.3 Å². The number of nitrogens with two attached hydrogens (primary N) is 1. The Hall–Kier alpha value is -0.860. The van der Waals surface area contributed by atoms with Crippen LogP contribution in [0.5, 0.6) is 0 Å². The van der Waals surface area contributed by atoms with Gasteiger partial charge in [0.25, 0.3) is 0 Å². The minimum absolute atomic E-state index is 0.539. The van der Waals surface area contributed by atoms with Crippen LogP contribution in [0.15, 0.2) is 24.3 Å². The zero-order valence-corrected chi connectivity index (χ0v) is 14.0. The second-order valence-electron chi connectivity index (χ2n) is 7.07. The van der Waals surface area contributed by atoms with Gasteiger partial charge in [-0.25, -0.2) is 0 Å². The van der Waals surface area contributed by atoms with Gasteiger partial charge in [-0.15, -0.1) is 0 Å². The molecule has 1 unspecified atom stereocenters. The molecular weight excluding hydrogens is 256 g/mol. The third kappa shape index (κ3) is 4.82. The normalized spacial score (nSPS) is 19.1. The van der Waals surface area contributed by atoms with Crippen molar-refractivity contribution in [1.29, 1.82) is 0 Å². The van der Waals surface area contributed by atoms with Crippen LogP contribution >= 0.6 is 0 Å². The molecule has 21 heavy (non-hydrogen) atoms. The summed E-state index contributed by atoms with van der Waals surface area (Å²) in [6.07, 6.45) is 5.01. The van der Waals surface area contributed by atoms with E-state index in [1.165, 1.54) is 49.9 Å². The molecule has 1 aromatic rings. The van der Waals surface area contributed by atoms with E-state index in [-0.39, 0.29) is 0 Å². The van der Waals surface area contributed by atoms with E-state index in [2.05, 4.69) is 49.9 Å². The van der Waals surface area contributed by atoms with E-state index in [4.69, 9.17) is 5.73 Å². The van der Waals surface area contributed by atoms with Crippen LogP contribution in [0.3, 0.4) is 0 Å². The highest BCUT2D eigenvalue weighted by Gasteiger charge is 2.22. The molecule has 1 heterocycles. The number of hydrogen-bond acceptors (Lipinski definition) is 2. The number of piperidine rings is 1. The van der Waals surface area contributed by atoms with E-state index in [9.17, 15) is 0 Å². The molecule has 0 saturated carbocycles. The maximum atomic E-state index is 5.68. The molecule has 0 aromatic heterocycles. The van der Waals surface area contributed by atoms with Gasteiger partial charge in [0.15, 0.2) is 0 Å². The Balaban J connectivity index is 1.90. The molecule has 1 fully saturated rings. The van der Waals surface area contributed by atoms with Gasteiger partial charge in [0, 0.05) is 6.04 Å². The average molecular weight is 288 g/mol. The van der Waals surface area contributed by atoms with Gasteiger partial charge in [-0.2, -0.15) is 0 Å². The second-order valence-corrected chi connectivity index (χ2v) is 7.07. The number of rotatable bonds is 6. The van der Waals surface area contributed by atoms with Gasteiger partial charge in [0.2, 0.25) is 0 Å². The molecule has 0 radical (unpaired) electrons. The van der Waals surface area contributed by atoms with E-state index in [0.717, 1.165) is 18.4 Å². The van der Waals surface area contributed by atoms with Crippen LogP contribution in [0.4, 0.5) is 0 Å². The maximum Gasteiger partial charge on any atom is 0.0319 e. The molecular formula is C19H32N2. The van der Waals surface area contributed by atoms with Crippen molar-refractivity contribution >= 4 is 0 Å². The molecule has 1 aliphatic rings. The molecule has 2 nitrogen and oxygen atoms in total. The molecule has 1 aromatic carbocycles. The predicted molar refractivity (Wildman–Crippen MR) is 91.4 cm³/mol. The number of benzene rings is 1. The van der Waals surface area contributed by atoms with Gasteiger partial charge in [-0.3, -0.25) is 4.90 Å². The highest BCUT2D eigenvalue weighted by Crippen LogP contribution is 2.28. The lowest BCUT2D eigenvalue weighted by molar-refractivity contribution is 0.138. The lowest BCUT2D eigenvalue weighted by Crippen LogP contribution is -2.36. The van der Waals surface area contributed by atoms with Crippen LogP contribution < -0.4 is 5.73 Å². The first-order valence-corrected chi connectivity index (χ1v) is 8.63. The lowest BCUT2D eigenvalue weighted by atomic mass is 9.92. The largest absolute Gasteiger partial charge is 0.330 e. The highest BCUT2D eigenvalue weighted by atomic mass is 15.2. The summed E-state index contributed by atoms with van der Waals surface area (Å²) in [6.45, 7) is 10.2. The monoisotopic (exact) mass is 288 g/mol. The minimum atomic E-state index is 0.539. The first-order valence-electron chi connectivity index (χ1n) is 8.63. The molecule has 0 bridgehead atoms. The first kappa shape index (κ1) is 16.5. The van der Waals surface area contributed by atoms with E-state index in [0.29, 0.717) is 6.04 Å².